The van der Waals surface area contributed by atoms with Gasteiger partial charge in [0.2, 0.25) is 10.0 Å². The SMILES string of the molecule is Cc1ccc(S(=O)(=O)NCCc2ccccc2)cc1[N+](=O)[O-]. The Labute approximate surface area is 129 Å². The lowest BCUT2D eigenvalue weighted by Crippen LogP contribution is -2.26. The number of nitrogens with zero attached hydrogens (tertiary/aromatic N) is 1. The lowest BCUT2D eigenvalue weighted by atomic mass is 10.2. The monoisotopic (exact) mass is 320 g/mol. The normalized spacial score (nSPS) is 11.3. The van der Waals surface area contributed by atoms with Crippen LogP contribution in [0.15, 0.2) is 53.4 Å². The first kappa shape index (κ1) is 16.1. The summed E-state index contributed by atoms with van der Waals surface area (Å²) < 4.78 is 26.8. The van der Waals surface area contributed by atoms with Crippen molar-refractivity contribution < 1.29 is 13.3 Å². The zero-order valence-corrected chi connectivity index (χ0v) is 12.8. The number of nitrogens with one attached hydrogen (secondary N) is 1. The molecule has 6 nitrogen and oxygen atoms in total. The highest BCUT2D eigenvalue weighted by atomic mass is 32.2. The summed E-state index contributed by atoms with van der Waals surface area (Å²) in [7, 11) is -3.76. The molecule has 7 heteroatoms. The first-order valence-corrected chi connectivity index (χ1v) is 8.17. The second kappa shape index (κ2) is 6.67. The van der Waals surface area contributed by atoms with E-state index in [1.165, 1.54) is 12.1 Å². The highest BCUT2D eigenvalue weighted by molar-refractivity contribution is 7.89. The lowest BCUT2D eigenvalue weighted by Gasteiger charge is -2.07. The zero-order valence-electron chi connectivity index (χ0n) is 12.0. The summed E-state index contributed by atoms with van der Waals surface area (Å²) >= 11 is 0. The molecule has 0 aliphatic heterocycles. The van der Waals surface area contributed by atoms with Crippen LogP contribution in [-0.4, -0.2) is 19.9 Å². The molecule has 0 aromatic heterocycles. The van der Waals surface area contributed by atoms with Crippen LogP contribution >= 0.6 is 0 Å². The van der Waals surface area contributed by atoms with E-state index in [1.54, 1.807) is 6.92 Å². The second-order valence-electron chi connectivity index (χ2n) is 4.84. The molecule has 2 rings (SSSR count). The highest BCUT2D eigenvalue weighted by Crippen LogP contribution is 2.21. The molecule has 0 saturated heterocycles. The van der Waals surface area contributed by atoms with Crippen LogP contribution in [0.5, 0.6) is 0 Å². The van der Waals surface area contributed by atoms with E-state index in [2.05, 4.69) is 4.72 Å². The molecule has 0 bridgehead atoms. The quantitative estimate of drug-likeness (QED) is 0.654. The van der Waals surface area contributed by atoms with Crippen molar-refractivity contribution in [2.45, 2.75) is 18.2 Å². The van der Waals surface area contributed by atoms with Crippen molar-refractivity contribution in [1.82, 2.24) is 4.72 Å². The first-order valence-electron chi connectivity index (χ1n) is 6.69. The predicted octanol–water partition coefficient (Wildman–Crippen LogP) is 2.42. The van der Waals surface area contributed by atoms with Crippen LogP contribution in [0.3, 0.4) is 0 Å². The van der Waals surface area contributed by atoms with E-state index in [-0.39, 0.29) is 17.1 Å². The van der Waals surface area contributed by atoms with E-state index in [4.69, 9.17) is 0 Å². The van der Waals surface area contributed by atoms with Gasteiger partial charge in [0.25, 0.3) is 5.69 Å². The Bertz CT molecular complexity index is 773. The van der Waals surface area contributed by atoms with Crippen LogP contribution in [0, 0.1) is 17.0 Å². The van der Waals surface area contributed by atoms with Gasteiger partial charge in [0.1, 0.15) is 0 Å². The summed E-state index contributed by atoms with van der Waals surface area (Å²) in [5.41, 5.74) is 1.24. The van der Waals surface area contributed by atoms with Gasteiger partial charge in [0.15, 0.2) is 0 Å². The van der Waals surface area contributed by atoms with Gasteiger partial charge in [-0.1, -0.05) is 36.4 Å². The van der Waals surface area contributed by atoms with Crippen LogP contribution in [0.4, 0.5) is 5.69 Å². The standard InChI is InChI=1S/C15H16N2O4S/c1-12-7-8-14(11-15(12)17(18)19)22(20,21)16-10-9-13-5-3-2-4-6-13/h2-8,11,16H,9-10H2,1H3. The van der Waals surface area contributed by atoms with Gasteiger partial charge in [-0.2, -0.15) is 0 Å². The molecule has 0 unspecified atom stereocenters. The maximum Gasteiger partial charge on any atom is 0.273 e. The fraction of sp³-hybridized carbons (Fsp3) is 0.200. The molecular formula is C15H16N2O4S. The lowest BCUT2D eigenvalue weighted by molar-refractivity contribution is -0.385. The highest BCUT2D eigenvalue weighted by Gasteiger charge is 2.19. The smallest absolute Gasteiger partial charge is 0.258 e. The third kappa shape index (κ3) is 3.90. The molecule has 0 fully saturated rings. The Kier molecular flexibility index (Phi) is 4.89. The number of hydrogen-bond donors (Lipinski definition) is 1. The number of sulfonamides is 1. The Hall–Kier alpha value is -2.25. The molecule has 2 aromatic rings. The van der Waals surface area contributed by atoms with E-state index in [9.17, 15) is 18.5 Å². The Morgan fingerprint density at radius 2 is 1.82 bits per heavy atom. The first-order chi connectivity index (χ1) is 10.4. The van der Waals surface area contributed by atoms with Gasteiger partial charge in [0, 0.05) is 18.2 Å². The van der Waals surface area contributed by atoms with Gasteiger partial charge in [-0.3, -0.25) is 10.1 Å². The molecule has 116 valence electrons. The molecule has 1 N–H and O–H groups in total. The van der Waals surface area contributed by atoms with Crippen molar-refractivity contribution in [2.75, 3.05) is 6.54 Å². The van der Waals surface area contributed by atoms with Crippen molar-refractivity contribution in [1.29, 1.82) is 0 Å². The fourth-order valence-electron chi connectivity index (χ4n) is 2.01. The van der Waals surface area contributed by atoms with Gasteiger partial charge >= 0.3 is 0 Å². The minimum atomic E-state index is -3.76. The molecule has 22 heavy (non-hydrogen) atoms. The number of nitro groups is 1. The molecule has 0 aliphatic rings. The molecule has 0 aliphatic carbocycles. The summed E-state index contributed by atoms with van der Waals surface area (Å²) in [6.45, 7) is 1.80. The van der Waals surface area contributed by atoms with Crippen molar-refractivity contribution in [3.63, 3.8) is 0 Å². The number of benzene rings is 2. The minimum absolute atomic E-state index is 0.0992. The van der Waals surface area contributed by atoms with Gasteiger partial charge < -0.3 is 0 Å². The zero-order chi connectivity index (χ0) is 16.2. The number of rotatable bonds is 6. The third-order valence-electron chi connectivity index (χ3n) is 3.24. The molecule has 0 amide bonds. The van der Waals surface area contributed by atoms with Crippen LogP contribution < -0.4 is 4.72 Å². The number of aryl methyl sites for hydroxylation is 1. The van der Waals surface area contributed by atoms with Crippen molar-refractivity contribution in [3.05, 3.63) is 69.8 Å². The molecule has 2 aromatic carbocycles. The summed E-state index contributed by atoms with van der Waals surface area (Å²) in [6, 6.07) is 13.4. The molecule has 0 atom stereocenters. The molecule has 0 saturated carbocycles. The van der Waals surface area contributed by atoms with E-state index in [1.807, 2.05) is 30.3 Å². The third-order valence-corrected chi connectivity index (χ3v) is 4.69. The molecule has 0 spiro atoms. The Morgan fingerprint density at radius 3 is 2.45 bits per heavy atom. The Balaban J connectivity index is 2.10. The maximum atomic E-state index is 12.2. The van der Waals surface area contributed by atoms with E-state index in [0.717, 1.165) is 11.6 Å². The number of hydrogen-bond acceptors (Lipinski definition) is 4. The van der Waals surface area contributed by atoms with Gasteiger partial charge in [0.05, 0.1) is 9.82 Å². The summed E-state index contributed by atoms with van der Waals surface area (Å²) in [5, 5.41) is 10.9. The largest absolute Gasteiger partial charge is 0.273 e. The van der Waals surface area contributed by atoms with Crippen LogP contribution in [0.25, 0.3) is 0 Å². The summed E-state index contributed by atoms with van der Waals surface area (Å²) in [5.74, 6) is 0. The van der Waals surface area contributed by atoms with Crippen molar-refractivity contribution >= 4 is 15.7 Å². The molecule has 0 radical (unpaired) electrons. The topological polar surface area (TPSA) is 89.3 Å². The second-order valence-corrected chi connectivity index (χ2v) is 6.61. The fourth-order valence-corrected chi connectivity index (χ4v) is 3.06. The van der Waals surface area contributed by atoms with Gasteiger partial charge in [-0.05, 0) is 25.0 Å². The van der Waals surface area contributed by atoms with Gasteiger partial charge in [-0.25, -0.2) is 13.1 Å². The van der Waals surface area contributed by atoms with Crippen LogP contribution in [-0.2, 0) is 16.4 Å². The van der Waals surface area contributed by atoms with E-state index >= 15 is 0 Å². The van der Waals surface area contributed by atoms with E-state index in [0.29, 0.717) is 12.0 Å². The number of nitro benzene ring substituents is 1. The average Bonchev–Trinajstić information content (AvgIpc) is 2.48. The summed E-state index contributed by atoms with van der Waals surface area (Å²) in [4.78, 5) is 10.2. The van der Waals surface area contributed by atoms with Crippen LogP contribution in [0.1, 0.15) is 11.1 Å². The van der Waals surface area contributed by atoms with E-state index < -0.39 is 14.9 Å². The average molecular weight is 320 g/mol. The molecular weight excluding hydrogens is 304 g/mol. The summed E-state index contributed by atoms with van der Waals surface area (Å²) in [6.07, 6.45) is 0.550. The van der Waals surface area contributed by atoms with Crippen molar-refractivity contribution in [3.8, 4) is 0 Å². The predicted molar refractivity (Wildman–Crippen MR) is 83.2 cm³/mol. The van der Waals surface area contributed by atoms with Crippen molar-refractivity contribution in [2.24, 2.45) is 0 Å². The molecule has 0 heterocycles. The van der Waals surface area contributed by atoms with Gasteiger partial charge in [-0.15, -0.1) is 0 Å². The Morgan fingerprint density at radius 1 is 1.14 bits per heavy atom. The van der Waals surface area contributed by atoms with Crippen LogP contribution in [0.2, 0.25) is 0 Å². The minimum Gasteiger partial charge on any atom is -0.258 e. The maximum absolute atomic E-state index is 12.2.